The third-order valence-corrected chi connectivity index (χ3v) is 6.45. The van der Waals surface area contributed by atoms with Crippen LogP contribution in [0.25, 0.3) is 0 Å². The van der Waals surface area contributed by atoms with Crippen LogP contribution in [0.5, 0.6) is 0 Å². The minimum Gasteiger partial charge on any atom is -0.369 e. The number of hydrogen-bond acceptors (Lipinski definition) is 3. The fraction of sp³-hybridized carbons (Fsp3) is 0.611. The molecular formula is C18H22Cl2N2O2. The Balaban J connectivity index is 1.59. The monoisotopic (exact) mass is 368 g/mol. The number of halogens is 2. The molecule has 4 nitrogen and oxygen atoms in total. The maximum absolute atomic E-state index is 13.0. The van der Waals surface area contributed by atoms with Crippen LogP contribution in [-0.4, -0.2) is 61.1 Å². The molecule has 130 valence electrons. The molecule has 3 heterocycles. The Morgan fingerprint density at radius 3 is 2.75 bits per heavy atom. The Kier molecular flexibility index (Phi) is 4.07. The maximum Gasteiger partial charge on any atom is 0.256 e. The van der Waals surface area contributed by atoms with Gasteiger partial charge in [-0.25, -0.2) is 0 Å². The van der Waals surface area contributed by atoms with Crippen LogP contribution in [0.4, 0.5) is 0 Å². The minimum atomic E-state index is -0.158. The van der Waals surface area contributed by atoms with Gasteiger partial charge in [-0.3, -0.25) is 4.79 Å². The number of carbonyl (C=O) groups excluding carboxylic acids is 1. The van der Waals surface area contributed by atoms with E-state index in [0.717, 1.165) is 25.9 Å². The summed E-state index contributed by atoms with van der Waals surface area (Å²) >= 11 is 12.5. The molecule has 0 radical (unpaired) electrons. The summed E-state index contributed by atoms with van der Waals surface area (Å²) in [4.78, 5) is 17.1. The van der Waals surface area contributed by atoms with Gasteiger partial charge in [-0.1, -0.05) is 29.3 Å². The van der Waals surface area contributed by atoms with Gasteiger partial charge in [0.25, 0.3) is 5.91 Å². The molecule has 4 rings (SSSR count). The molecule has 4 atom stereocenters. The van der Waals surface area contributed by atoms with E-state index < -0.39 is 0 Å². The van der Waals surface area contributed by atoms with Crippen molar-refractivity contribution in [3.05, 3.63) is 33.8 Å². The molecule has 3 fully saturated rings. The molecule has 2 bridgehead atoms. The van der Waals surface area contributed by atoms with Crippen molar-refractivity contribution in [1.29, 1.82) is 0 Å². The molecule has 0 saturated carbocycles. The number of ether oxygens (including phenoxy) is 1. The lowest BCUT2D eigenvalue weighted by Gasteiger charge is -2.30. The van der Waals surface area contributed by atoms with Gasteiger partial charge >= 0.3 is 0 Å². The minimum absolute atomic E-state index is 0.0787. The summed E-state index contributed by atoms with van der Waals surface area (Å²) in [6.45, 7) is 2.39. The summed E-state index contributed by atoms with van der Waals surface area (Å²) < 4.78 is 6.39. The molecule has 6 heteroatoms. The second kappa shape index (κ2) is 5.87. The Bertz CT molecular complexity index is 661. The van der Waals surface area contributed by atoms with E-state index in [1.165, 1.54) is 0 Å². The summed E-state index contributed by atoms with van der Waals surface area (Å²) in [5.74, 6) is 0.821. The average molecular weight is 369 g/mol. The Hall–Kier alpha value is -0.810. The van der Waals surface area contributed by atoms with Crippen LogP contribution in [0.15, 0.2) is 18.2 Å². The lowest BCUT2D eigenvalue weighted by molar-refractivity contribution is 0.00256. The van der Waals surface area contributed by atoms with Gasteiger partial charge in [-0.2, -0.15) is 0 Å². The molecule has 1 spiro atoms. The van der Waals surface area contributed by atoms with E-state index in [4.69, 9.17) is 27.9 Å². The zero-order valence-corrected chi connectivity index (χ0v) is 15.5. The van der Waals surface area contributed by atoms with Gasteiger partial charge < -0.3 is 14.5 Å². The first-order valence-corrected chi connectivity index (χ1v) is 9.23. The van der Waals surface area contributed by atoms with E-state index in [-0.39, 0.29) is 11.5 Å². The molecular weight excluding hydrogens is 347 g/mol. The smallest absolute Gasteiger partial charge is 0.256 e. The third kappa shape index (κ3) is 2.47. The number of nitrogens with zero attached hydrogens (tertiary/aromatic N) is 2. The third-order valence-electron chi connectivity index (χ3n) is 5.82. The number of benzene rings is 1. The predicted octanol–water partition coefficient (Wildman–Crippen LogP) is 3.17. The lowest BCUT2D eigenvalue weighted by atomic mass is 9.73. The van der Waals surface area contributed by atoms with Crippen LogP contribution in [0.3, 0.4) is 0 Å². The van der Waals surface area contributed by atoms with E-state index in [2.05, 4.69) is 19.0 Å². The van der Waals surface area contributed by atoms with E-state index in [1.54, 1.807) is 18.2 Å². The molecule has 1 aromatic rings. The fourth-order valence-electron chi connectivity index (χ4n) is 4.87. The summed E-state index contributed by atoms with van der Waals surface area (Å²) in [6.07, 6.45) is 2.49. The molecule has 0 aromatic heterocycles. The maximum atomic E-state index is 13.0. The van der Waals surface area contributed by atoms with Crippen molar-refractivity contribution in [2.24, 2.45) is 11.8 Å². The largest absolute Gasteiger partial charge is 0.369 e. The normalized spacial score (nSPS) is 34.2. The molecule has 3 saturated heterocycles. The van der Waals surface area contributed by atoms with Crippen molar-refractivity contribution < 1.29 is 9.53 Å². The SMILES string of the molecule is CN(C)C[C@H]1[C@H]2CN(C(=O)c3c(Cl)cccc3Cl)C[C@]23CC[C@H]1O3. The van der Waals surface area contributed by atoms with E-state index >= 15 is 0 Å². The van der Waals surface area contributed by atoms with Crippen LogP contribution in [0.1, 0.15) is 23.2 Å². The average Bonchev–Trinajstić information content (AvgIpc) is 3.16. The van der Waals surface area contributed by atoms with Crippen molar-refractivity contribution in [3.63, 3.8) is 0 Å². The Morgan fingerprint density at radius 2 is 2.08 bits per heavy atom. The summed E-state index contributed by atoms with van der Waals surface area (Å²) in [5, 5.41) is 0.828. The molecule has 1 aromatic carbocycles. The highest BCUT2D eigenvalue weighted by Gasteiger charge is 2.63. The summed E-state index contributed by atoms with van der Waals surface area (Å²) in [6, 6.07) is 5.19. The first-order valence-electron chi connectivity index (χ1n) is 8.47. The fourth-order valence-corrected chi connectivity index (χ4v) is 5.43. The van der Waals surface area contributed by atoms with E-state index in [1.807, 2.05) is 4.90 Å². The van der Waals surface area contributed by atoms with Gasteiger partial charge in [0.15, 0.2) is 0 Å². The van der Waals surface area contributed by atoms with Crippen LogP contribution < -0.4 is 0 Å². The quantitative estimate of drug-likeness (QED) is 0.821. The van der Waals surface area contributed by atoms with Gasteiger partial charge in [0.2, 0.25) is 0 Å². The van der Waals surface area contributed by atoms with Gasteiger partial charge in [0, 0.05) is 24.9 Å². The predicted molar refractivity (Wildman–Crippen MR) is 94.7 cm³/mol. The highest BCUT2D eigenvalue weighted by Crippen LogP contribution is 2.55. The second-order valence-electron chi connectivity index (χ2n) is 7.57. The molecule has 0 aliphatic carbocycles. The topological polar surface area (TPSA) is 32.8 Å². The van der Waals surface area contributed by atoms with Crippen molar-refractivity contribution >= 4 is 29.1 Å². The van der Waals surface area contributed by atoms with Gasteiger partial charge in [0.05, 0.1) is 33.9 Å². The second-order valence-corrected chi connectivity index (χ2v) is 8.39. The van der Waals surface area contributed by atoms with E-state index in [9.17, 15) is 4.79 Å². The summed E-state index contributed by atoms with van der Waals surface area (Å²) in [5.41, 5.74) is 0.255. The van der Waals surface area contributed by atoms with Gasteiger partial charge in [-0.05, 0) is 39.1 Å². The zero-order chi connectivity index (χ0) is 17.1. The van der Waals surface area contributed by atoms with Crippen molar-refractivity contribution in [2.75, 3.05) is 33.7 Å². The first kappa shape index (κ1) is 16.6. The van der Waals surface area contributed by atoms with Gasteiger partial charge in [-0.15, -0.1) is 0 Å². The summed E-state index contributed by atoms with van der Waals surface area (Å²) in [7, 11) is 4.19. The molecule has 24 heavy (non-hydrogen) atoms. The van der Waals surface area contributed by atoms with E-state index in [0.29, 0.717) is 40.1 Å². The van der Waals surface area contributed by atoms with Crippen LogP contribution >= 0.6 is 23.2 Å². The Morgan fingerprint density at radius 1 is 1.38 bits per heavy atom. The molecule has 0 N–H and O–H groups in total. The number of amides is 1. The molecule has 3 aliphatic rings. The van der Waals surface area contributed by atoms with Crippen molar-refractivity contribution in [1.82, 2.24) is 9.80 Å². The van der Waals surface area contributed by atoms with Crippen molar-refractivity contribution in [2.45, 2.75) is 24.5 Å². The zero-order valence-electron chi connectivity index (χ0n) is 14.0. The molecule has 0 unspecified atom stereocenters. The van der Waals surface area contributed by atoms with Crippen LogP contribution in [-0.2, 0) is 4.74 Å². The molecule has 1 amide bonds. The van der Waals surface area contributed by atoms with Crippen LogP contribution in [0.2, 0.25) is 10.0 Å². The highest BCUT2D eigenvalue weighted by molar-refractivity contribution is 6.39. The lowest BCUT2D eigenvalue weighted by Crippen LogP contribution is -2.40. The number of fused-ring (bicyclic) bond motifs is 1. The van der Waals surface area contributed by atoms with Gasteiger partial charge in [0.1, 0.15) is 0 Å². The highest BCUT2D eigenvalue weighted by atomic mass is 35.5. The first-order chi connectivity index (χ1) is 11.4. The molecule has 3 aliphatic heterocycles. The van der Waals surface area contributed by atoms with Crippen molar-refractivity contribution in [3.8, 4) is 0 Å². The number of hydrogen-bond donors (Lipinski definition) is 0. The van der Waals surface area contributed by atoms with Crippen LogP contribution in [0, 0.1) is 11.8 Å². The standard InChI is InChI=1S/C18H22Cl2N2O2/c1-21(2)8-11-12-9-22(10-18(12)7-6-15(11)24-18)17(23)16-13(19)4-3-5-14(16)20/h3-5,11-12,15H,6-10H2,1-2H3/t11-,12+,15+,18+/m0/s1. The number of likely N-dealkylation sites (tertiary alicyclic amines) is 1. The number of carbonyl (C=O) groups is 1. The Labute approximate surface area is 152 Å². The number of rotatable bonds is 3.